The maximum Gasteiger partial charge on any atom is 0.270 e. The molecule has 2 N–H and O–H groups in total. The molecule has 0 radical (unpaired) electrons. The highest BCUT2D eigenvalue weighted by Crippen LogP contribution is 2.17. The zero-order valence-corrected chi connectivity index (χ0v) is 16.2. The minimum Gasteiger partial charge on any atom is -0.340 e. The summed E-state index contributed by atoms with van der Waals surface area (Å²) < 4.78 is 13.9. The topological polar surface area (TPSA) is 101 Å². The van der Waals surface area contributed by atoms with Gasteiger partial charge in [-0.1, -0.05) is 12.1 Å². The summed E-state index contributed by atoms with van der Waals surface area (Å²) in [4.78, 5) is 35.4. The van der Waals surface area contributed by atoms with Gasteiger partial charge in [-0.2, -0.15) is 11.8 Å². The molecule has 0 bridgehead atoms. The van der Waals surface area contributed by atoms with Crippen LogP contribution in [0, 0.1) is 22.9 Å². The van der Waals surface area contributed by atoms with Crippen molar-refractivity contribution >= 4 is 35.0 Å². The zero-order valence-electron chi connectivity index (χ0n) is 15.4. The molecule has 0 aliphatic heterocycles. The lowest BCUT2D eigenvalue weighted by molar-refractivity contribution is -0.384. The van der Waals surface area contributed by atoms with E-state index in [0.29, 0.717) is 12.2 Å². The highest BCUT2D eigenvalue weighted by atomic mass is 32.2. The summed E-state index contributed by atoms with van der Waals surface area (Å²) in [5.41, 5.74) is 0.652. The standard InChI is InChI=1S/C19H20FN3O4S/c1-12-6-7-15(20)17(10-12)22-19(25)16(8-9-28-2)21-18(24)13-4-3-5-14(11-13)23(26)27/h3-7,10-11,16H,8-9H2,1-2H3,(H,21,24)(H,22,25). The van der Waals surface area contributed by atoms with Crippen LogP contribution in [-0.2, 0) is 4.79 Å². The van der Waals surface area contributed by atoms with Crippen molar-refractivity contribution < 1.29 is 18.9 Å². The fraction of sp³-hybridized carbons (Fsp3) is 0.263. The van der Waals surface area contributed by atoms with Gasteiger partial charge in [0.1, 0.15) is 11.9 Å². The Morgan fingerprint density at radius 3 is 2.68 bits per heavy atom. The van der Waals surface area contributed by atoms with Gasteiger partial charge in [0.05, 0.1) is 10.6 Å². The van der Waals surface area contributed by atoms with E-state index in [0.717, 1.165) is 11.6 Å². The van der Waals surface area contributed by atoms with Gasteiger partial charge in [-0.05, 0) is 49.1 Å². The molecule has 0 heterocycles. The van der Waals surface area contributed by atoms with Crippen molar-refractivity contribution in [2.24, 2.45) is 0 Å². The first-order valence-electron chi connectivity index (χ1n) is 8.43. The van der Waals surface area contributed by atoms with Gasteiger partial charge < -0.3 is 10.6 Å². The van der Waals surface area contributed by atoms with Gasteiger partial charge in [0, 0.05) is 17.7 Å². The number of amides is 2. The number of nitro benzene ring substituents is 1. The van der Waals surface area contributed by atoms with E-state index in [1.54, 1.807) is 13.0 Å². The molecule has 1 unspecified atom stereocenters. The fourth-order valence-corrected chi connectivity index (χ4v) is 2.93. The highest BCUT2D eigenvalue weighted by Gasteiger charge is 2.23. The number of hydrogen-bond acceptors (Lipinski definition) is 5. The maximum absolute atomic E-state index is 13.9. The largest absolute Gasteiger partial charge is 0.340 e. The molecule has 0 aliphatic carbocycles. The van der Waals surface area contributed by atoms with Crippen molar-refractivity contribution in [3.63, 3.8) is 0 Å². The number of thioether (sulfide) groups is 1. The Bertz CT molecular complexity index is 891. The molecule has 0 saturated heterocycles. The predicted octanol–water partition coefficient (Wildman–Crippen LogP) is 3.53. The van der Waals surface area contributed by atoms with Crippen molar-refractivity contribution in [1.29, 1.82) is 0 Å². The molecular weight excluding hydrogens is 385 g/mol. The van der Waals surface area contributed by atoms with Gasteiger partial charge in [-0.15, -0.1) is 0 Å². The summed E-state index contributed by atoms with van der Waals surface area (Å²) in [5, 5.41) is 16.0. The molecule has 0 aliphatic rings. The Morgan fingerprint density at radius 1 is 1.25 bits per heavy atom. The van der Waals surface area contributed by atoms with Gasteiger partial charge in [0.2, 0.25) is 5.91 Å². The van der Waals surface area contributed by atoms with Gasteiger partial charge in [-0.3, -0.25) is 19.7 Å². The minimum atomic E-state index is -0.917. The van der Waals surface area contributed by atoms with Crippen molar-refractivity contribution in [3.8, 4) is 0 Å². The number of benzene rings is 2. The predicted molar refractivity (Wildman–Crippen MR) is 107 cm³/mol. The van der Waals surface area contributed by atoms with Gasteiger partial charge in [0.15, 0.2) is 0 Å². The second-order valence-electron chi connectivity index (χ2n) is 6.09. The lowest BCUT2D eigenvalue weighted by atomic mass is 10.1. The van der Waals surface area contributed by atoms with E-state index < -0.39 is 28.6 Å². The van der Waals surface area contributed by atoms with Crippen LogP contribution in [0.2, 0.25) is 0 Å². The Balaban J connectivity index is 2.17. The first-order chi connectivity index (χ1) is 13.3. The van der Waals surface area contributed by atoms with Crippen LogP contribution < -0.4 is 10.6 Å². The molecular formula is C19H20FN3O4S. The van der Waals surface area contributed by atoms with E-state index in [4.69, 9.17) is 0 Å². The van der Waals surface area contributed by atoms with Crippen LogP contribution in [0.25, 0.3) is 0 Å². The van der Waals surface area contributed by atoms with Gasteiger partial charge in [-0.25, -0.2) is 4.39 Å². The summed E-state index contributed by atoms with van der Waals surface area (Å²) in [7, 11) is 0. The smallest absolute Gasteiger partial charge is 0.270 e. The third-order valence-corrected chi connectivity index (χ3v) is 4.58. The Morgan fingerprint density at radius 2 is 2.00 bits per heavy atom. The van der Waals surface area contributed by atoms with Crippen LogP contribution in [-0.4, -0.2) is 34.8 Å². The minimum absolute atomic E-state index is 0.0312. The summed E-state index contributed by atoms with van der Waals surface area (Å²) in [6, 6.07) is 8.65. The van der Waals surface area contributed by atoms with E-state index in [1.807, 2.05) is 6.26 Å². The lowest BCUT2D eigenvalue weighted by Gasteiger charge is -2.18. The normalized spacial score (nSPS) is 11.5. The maximum atomic E-state index is 13.9. The molecule has 2 amide bonds. The molecule has 0 spiro atoms. The van der Waals surface area contributed by atoms with E-state index >= 15 is 0 Å². The number of hydrogen-bond donors (Lipinski definition) is 2. The van der Waals surface area contributed by atoms with Crippen molar-refractivity contribution in [3.05, 3.63) is 69.5 Å². The SMILES string of the molecule is CSCCC(NC(=O)c1cccc([N+](=O)[O-])c1)C(=O)Nc1cc(C)ccc1F. The molecule has 28 heavy (non-hydrogen) atoms. The lowest BCUT2D eigenvalue weighted by Crippen LogP contribution is -2.44. The van der Waals surface area contributed by atoms with E-state index in [9.17, 15) is 24.1 Å². The number of carbonyl (C=O) groups excluding carboxylic acids is 2. The first kappa shape index (κ1) is 21.4. The molecule has 2 rings (SSSR count). The molecule has 7 nitrogen and oxygen atoms in total. The first-order valence-corrected chi connectivity index (χ1v) is 9.82. The number of rotatable bonds is 8. The third-order valence-electron chi connectivity index (χ3n) is 3.93. The summed E-state index contributed by atoms with van der Waals surface area (Å²) in [6.07, 6.45) is 2.18. The number of carbonyl (C=O) groups is 2. The molecule has 148 valence electrons. The van der Waals surface area contributed by atoms with Crippen LogP contribution in [0.5, 0.6) is 0 Å². The molecule has 2 aromatic rings. The van der Waals surface area contributed by atoms with Crippen LogP contribution in [0.15, 0.2) is 42.5 Å². The molecule has 9 heteroatoms. The van der Waals surface area contributed by atoms with Crippen molar-refractivity contribution in [1.82, 2.24) is 5.32 Å². The van der Waals surface area contributed by atoms with Crippen LogP contribution in [0.1, 0.15) is 22.3 Å². The Labute approximate surface area is 165 Å². The monoisotopic (exact) mass is 405 g/mol. The summed E-state index contributed by atoms with van der Waals surface area (Å²) in [5.74, 6) is -1.16. The molecule has 0 saturated carbocycles. The van der Waals surface area contributed by atoms with Crippen LogP contribution >= 0.6 is 11.8 Å². The quantitative estimate of drug-likeness (QED) is 0.517. The number of nitrogens with zero attached hydrogens (tertiary/aromatic N) is 1. The van der Waals surface area contributed by atoms with Gasteiger partial charge >= 0.3 is 0 Å². The van der Waals surface area contributed by atoms with Crippen LogP contribution in [0.3, 0.4) is 0 Å². The van der Waals surface area contributed by atoms with E-state index in [-0.39, 0.29) is 16.9 Å². The number of non-ortho nitro benzene ring substituents is 1. The third kappa shape index (κ3) is 5.78. The van der Waals surface area contributed by atoms with E-state index in [2.05, 4.69) is 10.6 Å². The average Bonchev–Trinajstić information content (AvgIpc) is 2.67. The number of nitro groups is 1. The summed E-state index contributed by atoms with van der Waals surface area (Å²) in [6.45, 7) is 1.77. The number of anilines is 1. The second kappa shape index (κ2) is 9.84. The Hall–Kier alpha value is -2.94. The molecule has 0 aromatic heterocycles. The van der Waals surface area contributed by atoms with Crippen molar-refractivity contribution in [2.45, 2.75) is 19.4 Å². The molecule has 2 aromatic carbocycles. The molecule has 1 atom stereocenters. The van der Waals surface area contributed by atoms with Crippen molar-refractivity contribution in [2.75, 3.05) is 17.3 Å². The highest BCUT2D eigenvalue weighted by molar-refractivity contribution is 7.98. The van der Waals surface area contributed by atoms with Crippen LogP contribution in [0.4, 0.5) is 15.8 Å². The van der Waals surface area contributed by atoms with Gasteiger partial charge in [0.25, 0.3) is 11.6 Å². The van der Waals surface area contributed by atoms with E-state index in [1.165, 1.54) is 42.1 Å². The number of nitrogens with one attached hydrogen (secondary N) is 2. The Kier molecular flexibility index (Phi) is 7.51. The number of halogens is 1. The molecule has 0 fully saturated rings. The average molecular weight is 405 g/mol. The summed E-state index contributed by atoms with van der Waals surface area (Å²) >= 11 is 1.49. The fourth-order valence-electron chi connectivity index (χ4n) is 2.46. The number of aryl methyl sites for hydroxylation is 1. The zero-order chi connectivity index (χ0) is 20.7. The second-order valence-corrected chi connectivity index (χ2v) is 7.07.